The molecule has 3 aliphatic rings. The zero-order chi connectivity index (χ0) is 21.1. The summed E-state index contributed by atoms with van der Waals surface area (Å²) >= 11 is 0. The molecule has 0 aromatic carbocycles. The van der Waals surface area contributed by atoms with Gasteiger partial charge >= 0.3 is 5.97 Å². The molecule has 1 saturated carbocycles. The van der Waals surface area contributed by atoms with E-state index in [1.807, 2.05) is 30.9 Å². The number of nitrogens with zero attached hydrogens (tertiary/aromatic N) is 3. The predicted molar refractivity (Wildman–Crippen MR) is 112 cm³/mol. The van der Waals surface area contributed by atoms with Crippen molar-refractivity contribution in [3.8, 4) is 0 Å². The number of fused-ring (bicyclic) bond motifs is 1. The van der Waals surface area contributed by atoms with Crippen molar-refractivity contribution < 1.29 is 19.1 Å². The summed E-state index contributed by atoms with van der Waals surface area (Å²) < 4.78 is 11.1. The fourth-order valence-electron chi connectivity index (χ4n) is 5.51. The number of morpholine rings is 1. The van der Waals surface area contributed by atoms with E-state index in [2.05, 4.69) is 9.88 Å². The molecule has 0 radical (unpaired) electrons. The maximum atomic E-state index is 13.2. The van der Waals surface area contributed by atoms with Gasteiger partial charge < -0.3 is 14.4 Å². The monoisotopic (exact) mass is 415 g/mol. The van der Waals surface area contributed by atoms with Crippen molar-refractivity contribution in [1.82, 2.24) is 14.8 Å². The molecule has 3 fully saturated rings. The quantitative estimate of drug-likeness (QED) is 0.703. The standard InChI is InChI=1S/C23H33N3O4/c1-3-30-22(28)23-9-7-19(25-11-13-29-14-12-25)15-18(23)8-10-26(16-23)21(27)20-6-4-5-17(2)24-20/h4-6,18-19H,3,7-16H2,1-2H3/t18-,19+,23-/m1/s1. The van der Waals surface area contributed by atoms with Gasteiger partial charge in [0.15, 0.2) is 0 Å². The van der Waals surface area contributed by atoms with Gasteiger partial charge in [0.2, 0.25) is 0 Å². The molecule has 7 nitrogen and oxygen atoms in total. The molecule has 3 atom stereocenters. The first-order valence-corrected chi connectivity index (χ1v) is 11.3. The zero-order valence-electron chi connectivity index (χ0n) is 18.1. The summed E-state index contributed by atoms with van der Waals surface area (Å²) in [6.45, 7) is 8.71. The molecular weight excluding hydrogens is 382 g/mol. The van der Waals surface area contributed by atoms with Gasteiger partial charge in [-0.2, -0.15) is 0 Å². The normalized spacial score (nSPS) is 29.9. The molecule has 2 saturated heterocycles. The van der Waals surface area contributed by atoms with E-state index in [0.29, 0.717) is 31.4 Å². The smallest absolute Gasteiger partial charge is 0.314 e. The van der Waals surface area contributed by atoms with Crippen LogP contribution in [0.3, 0.4) is 0 Å². The first kappa shape index (κ1) is 21.2. The number of ether oxygens (including phenoxy) is 2. The zero-order valence-corrected chi connectivity index (χ0v) is 18.1. The summed E-state index contributed by atoms with van der Waals surface area (Å²) in [7, 11) is 0. The second kappa shape index (κ2) is 9.02. The third kappa shape index (κ3) is 4.10. The number of hydrogen-bond donors (Lipinski definition) is 0. The maximum absolute atomic E-state index is 13.2. The molecule has 1 aromatic heterocycles. The van der Waals surface area contributed by atoms with Crippen LogP contribution in [0.5, 0.6) is 0 Å². The summed E-state index contributed by atoms with van der Waals surface area (Å²) in [4.78, 5) is 35.1. The highest BCUT2D eigenvalue weighted by atomic mass is 16.5. The molecule has 0 bridgehead atoms. The van der Waals surface area contributed by atoms with Crippen LogP contribution >= 0.6 is 0 Å². The third-order valence-electron chi connectivity index (χ3n) is 7.12. The summed E-state index contributed by atoms with van der Waals surface area (Å²) in [5.41, 5.74) is 0.674. The predicted octanol–water partition coefficient (Wildman–Crippen LogP) is 2.29. The number of rotatable bonds is 4. The molecular formula is C23H33N3O4. The lowest BCUT2D eigenvalue weighted by molar-refractivity contribution is -0.168. The van der Waals surface area contributed by atoms with Crippen molar-refractivity contribution in [3.63, 3.8) is 0 Å². The lowest BCUT2D eigenvalue weighted by Gasteiger charge is -2.52. The number of esters is 1. The van der Waals surface area contributed by atoms with Crippen LogP contribution in [-0.4, -0.2) is 78.7 Å². The average molecular weight is 416 g/mol. The van der Waals surface area contributed by atoms with E-state index in [1.165, 1.54) is 0 Å². The fourth-order valence-corrected chi connectivity index (χ4v) is 5.51. The van der Waals surface area contributed by atoms with Gasteiger partial charge in [-0.1, -0.05) is 6.07 Å². The highest BCUT2D eigenvalue weighted by molar-refractivity contribution is 5.93. The number of piperidine rings is 1. The van der Waals surface area contributed by atoms with Crippen molar-refractivity contribution >= 4 is 11.9 Å². The van der Waals surface area contributed by atoms with E-state index in [-0.39, 0.29) is 17.8 Å². The number of carbonyl (C=O) groups is 2. The number of aromatic nitrogens is 1. The van der Waals surface area contributed by atoms with E-state index >= 15 is 0 Å². The van der Waals surface area contributed by atoms with Crippen molar-refractivity contribution in [2.75, 3.05) is 46.0 Å². The Bertz CT molecular complexity index is 779. The van der Waals surface area contributed by atoms with Crippen molar-refractivity contribution in [1.29, 1.82) is 0 Å². The van der Waals surface area contributed by atoms with Gasteiger partial charge in [-0.05, 0) is 57.6 Å². The van der Waals surface area contributed by atoms with Gasteiger partial charge in [-0.15, -0.1) is 0 Å². The molecule has 1 aromatic rings. The van der Waals surface area contributed by atoms with E-state index in [4.69, 9.17) is 9.47 Å². The molecule has 0 unspecified atom stereocenters. The van der Waals surface area contributed by atoms with Crippen molar-refractivity contribution in [2.24, 2.45) is 11.3 Å². The van der Waals surface area contributed by atoms with Gasteiger partial charge in [0, 0.05) is 37.9 Å². The Kier molecular flexibility index (Phi) is 6.39. The molecule has 1 amide bonds. The Hall–Kier alpha value is -1.99. The van der Waals surface area contributed by atoms with Crippen molar-refractivity contribution in [3.05, 3.63) is 29.6 Å². The second-order valence-electron chi connectivity index (χ2n) is 8.83. The lowest BCUT2D eigenvalue weighted by Crippen LogP contribution is -2.59. The molecule has 0 spiro atoms. The number of pyridine rings is 1. The molecule has 4 rings (SSSR count). The number of hydrogen-bond acceptors (Lipinski definition) is 6. The Balaban J connectivity index is 1.53. The SMILES string of the molecule is CCOC(=O)[C@@]12CC[C@H](N3CCOCC3)C[C@H]1CCN(C(=O)c1cccc(C)n1)C2. The number of amides is 1. The van der Waals surface area contributed by atoms with E-state index in [1.54, 1.807) is 6.07 Å². The van der Waals surface area contributed by atoms with Crippen LogP contribution in [0.2, 0.25) is 0 Å². The molecule has 164 valence electrons. The Morgan fingerprint density at radius 1 is 1.23 bits per heavy atom. The fraction of sp³-hybridized carbons (Fsp3) is 0.696. The summed E-state index contributed by atoms with van der Waals surface area (Å²) in [5, 5.41) is 0. The minimum Gasteiger partial charge on any atom is -0.466 e. The highest BCUT2D eigenvalue weighted by Crippen LogP contribution is 2.48. The van der Waals surface area contributed by atoms with Gasteiger partial charge in [0.25, 0.3) is 5.91 Å². The van der Waals surface area contributed by atoms with Crippen LogP contribution in [0.4, 0.5) is 0 Å². The second-order valence-corrected chi connectivity index (χ2v) is 8.83. The topological polar surface area (TPSA) is 72.0 Å². The highest BCUT2D eigenvalue weighted by Gasteiger charge is 2.54. The summed E-state index contributed by atoms with van der Waals surface area (Å²) in [6, 6.07) is 5.99. The summed E-state index contributed by atoms with van der Waals surface area (Å²) in [6.07, 6.45) is 3.55. The summed E-state index contributed by atoms with van der Waals surface area (Å²) in [5.74, 6) is 0.0221. The Morgan fingerprint density at radius 2 is 2.03 bits per heavy atom. The van der Waals surface area contributed by atoms with Crippen molar-refractivity contribution in [2.45, 2.75) is 45.6 Å². The molecule has 7 heteroatoms. The number of likely N-dealkylation sites (tertiary alicyclic amines) is 1. The Morgan fingerprint density at radius 3 is 2.77 bits per heavy atom. The van der Waals surface area contributed by atoms with Gasteiger partial charge in [-0.25, -0.2) is 4.98 Å². The van der Waals surface area contributed by atoms with Gasteiger partial charge in [0.05, 0.1) is 25.2 Å². The number of carbonyl (C=O) groups excluding carboxylic acids is 2. The van der Waals surface area contributed by atoms with Crippen LogP contribution in [0.25, 0.3) is 0 Å². The third-order valence-corrected chi connectivity index (χ3v) is 7.12. The van der Waals surface area contributed by atoms with E-state index in [9.17, 15) is 9.59 Å². The first-order valence-electron chi connectivity index (χ1n) is 11.3. The first-order chi connectivity index (χ1) is 14.5. The minimum absolute atomic E-state index is 0.0869. The Labute approximate surface area is 178 Å². The average Bonchev–Trinajstić information content (AvgIpc) is 2.78. The molecule has 0 N–H and O–H groups in total. The van der Waals surface area contributed by atoms with Crippen LogP contribution in [0, 0.1) is 18.3 Å². The van der Waals surface area contributed by atoms with Crippen LogP contribution in [-0.2, 0) is 14.3 Å². The number of aryl methyl sites for hydroxylation is 1. The lowest BCUT2D eigenvalue weighted by atomic mass is 9.61. The van der Waals surface area contributed by atoms with Gasteiger partial charge in [0.1, 0.15) is 5.69 Å². The van der Waals surface area contributed by atoms with E-state index in [0.717, 1.165) is 57.7 Å². The molecule has 3 heterocycles. The van der Waals surface area contributed by atoms with Crippen LogP contribution < -0.4 is 0 Å². The van der Waals surface area contributed by atoms with Crippen LogP contribution in [0.15, 0.2) is 18.2 Å². The van der Waals surface area contributed by atoms with Gasteiger partial charge in [-0.3, -0.25) is 14.5 Å². The molecule has 30 heavy (non-hydrogen) atoms. The van der Waals surface area contributed by atoms with E-state index < -0.39 is 5.41 Å². The minimum atomic E-state index is -0.601. The largest absolute Gasteiger partial charge is 0.466 e. The van der Waals surface area contributed by atoms with Crippen LogP contribution in [0.1, 0.15) is 48.8 Å². The molecule has 1 aliphatic carbocycles. The maximum Gasteiger partial charge on any atom is 0.314 e. The molecule has 2 aliphatic heterocycles.